The third-order valence-corrected chi connectivity index (χ3v) is 6.82. The van der Waals surface area contributed by atoms with Crippen LogP contribution in [0.4, 0.5) is 8.78 Å². The van der Waals surface area contributed by atoms with E-state index in [1.165, 1.54) is 34.6 Å². The minimum absolute atomic E-state index is 0.111. The summed E-state index contributed by atoms with van der Waals surface area (Å²) in [6.45, 7) is 0.400. The summed E-state index contributed by atoms with van der Waals surface area (Å²) < 4.78 is 52.5. The number of sulfonamides is 1. The van der Waals surface area contributed by atoms with Crippen LogP contribution in [0.25, 0.3) is 0 Å². The van der Waals surface area contributed by atoms with Crippen molar-refractivity contribution in [1.82, 2.24) is 15.2 Å². The van der Waals surface area contributed by atoms with Crippen molar-refractivity contribution < 1.29 is 17.2 Å². The highest BCUT2D eigenvalue weighted by molar-refractivity contribution is 7.88. The number of halogens is 2. The Morgan fingerprint density at radius 3 is 2.54 bits per heavy atom. The molecule has 0 bridgehead atoms. The van der Waals surface area contributed by atoms with E-state index in [1.54, 1.807) is 25.2 Å². The van der Waals surface area contributed by atoms with Crippen LogP contribution in [0.15, 0.2) is 48.5 Å². The molecule has 2 aromatic carbocycles. The minimum atomic E-state index is -3.49. The van der Waals surface area contributed by atoms with Gasteiger partial charge < -0.3 is 0 Å². The molecule has 0 amide bonds. The molecule has 1 saturated heterocycles. The van der Waals surface area contributed by atoms with Crippen LogP contribution in [-0.2, 0) is 15.8 Å². The first-order valence-corrected chi connectivity index (χ1v) is 10.9. The number of benzene rings is 2. The standard InChI is InChI=1S/C20H25F2N3O2S/c1-25(28(26,27)14-15-4-2-5-18(22)12-15)11-3-6-19-13-20(24-23-19)16-7-9-17(21)10-8-16/h2,4-5,7-10,12,19-20,23-24H,3,6,11,13-14H2,1H3. The third-order valence-electron chi connectivity index (χ3n) is 4.99. The van der Waals surface area contributed by atoms with Crippen molar-refractivity contribution in [3.63, 3.8) is 0 Å². The molecule has 0 spiro atoms. The van der Waals surface area contributed by atoms with Crippen molar-refractivity contribution in [3.05, 3.63) is 71.3 Å². The average molecular weight is 410 g/mol. The summed E-state index contributed by atoms with van der Waals surface area (Å²) in [5.74, 6) is -0.906. The lowest BCUT2D eigenvalue weighted by atomic mass is 10.00. The fraction of sp³-hybridized carbons (Fsp3) is 0.400. The van der Waals surface area contributed by atoms with Gasteiger partial charge in [-0.3, -0.25) is 10.9 Å². The smallest absolute Gasteiger partial charge is 0.218 e. The molecule has 2 N–H and O–H groups in total. The highest BCUT2D eigenvalue weighted by Gasteiger charge is 2.25. The van der Waals surface area contributed by atoms with Crippen LogP contribution in [0.1, 0.15) is 36.4 Å². The Balaban J connectivity index is 1.45. The molecule has 152 valence electrons. The quantitative estimate of drug-likeness (QED) is 0.703. The monoisotopic (exact) mass is 409 g/mol. The van der Waals surface area contributed by atoms with Gasteiger partial charge in [-0.25, -0.2) is 21.5 Å². The molecule has 5 nitrogen and oxygen atoms in total. The summed E-state index contributed by atoms with van der Waals surface area (Å²) in [5, 5.41) is 0. The van der Waals surface area contributed by atoms with Gasteiger partial charge in [0.2, 0.25) is 10.0 Å². The second kappa shape index (κ2) is 9.09. The summed E-state index contributed by atoms with van der Waals surface area (Å²) in [4.78, 5) is 0. The van der Waals surface area contributed by atoms with E-state index in [1.807, 2.05) is 0 Å². The highest BCUT2D eigenvalue weighted by Crippen LogP contribution is 2.24. The van der Waals surface area contributed by atoms with Gasteiger partial charge in [0.05, 0.1) is 5.75 Å². The Kier molecular flexibility index (Phi) is 6.77. The Morgan fingerprint density at radius 1 is 1.07 bits per heavy atom. The maximum Gasteiger partial charge on any atom is 0.218 e. The molecular formula is C20H25F2N3O2S. The zero-order chi connectivity index (χ0) is 20.1. The first kappa shape index (κ1) is 20.9. The predicted octanol–water partition coefficient (Wildman–Crippen LogP) is 3.11. The lowest BCUT2D eigenvalue weighted by Gasteiger charge is -2.18. The molecule has 8 heteroatoms. The molecule has 0 saturated carbocycles. The maximum atomic E-state index is 13.3. The highest BCUT2D eigenvalue weighted by atomic mass is 32.2. The van der Waals surface area contributed by atoms with Gasteiger partial charge in [-0.15, -0.1) is 0 Å². The largest absolute Gasteiger partial charge is 0.254 e. The number of hydrogen-bond acceptors (Lipinski definition) is 4. The molecule has 0 aliphatic carbocycles. The molecule has 1 heterocycles. The topological polar surface area (TPSA) is 61.4 Å². The van der Waals surface area contributed by atoms with Gasteiger partial charge in [0, 0.05) is 25.7 Å². The van der Waals surface area contributed by atoms with E-state index in [2.05, 4.69) is 10.9 Å². The summed E-state index contributed by atoms with van der Waals surface area (Å²) >= 11 is 0. The van der Waals surface area contributed by atoms with E-state index in [4.69, 9.17) is 0 Å². The Morgan fingerprint density at radius 2 is 1.82 bits per heavy atom. The number of nitrogens with one attached hydrogen (secondary N) is 2. The van der Waals surface area contributed by atoms with E-state index < -0.39 is 15.8 Å². The fourth-order valence-electron chi connectivity index (χ4n) is 3.37. The van der Waals surface area contributed by atoms with Crippen molar-refractivity contribution in [2.24, 2.45) is 0 Å². The zero-order valence-corrected chi connectivity index (χ0v) is 16.6. The van der Waals surface area contributed by atoms with Crippen LogP contribution in [0, 0.1) is 11.6 Å². The molecule has 0 radical (unpaired) electrons. The van der Waals surface area contributed by atoms with Crippen molar-refractivity contribution in [2.45, 2.75) is 37.1 Å². The third kappa shape index (κ3) is 5.57. The number of hydrogen-bond donors (Lipinski definition) is 2. The Labute approximate surface area is 164 Å². The second-order valence-electron chi connectivity index (χ2n) is 7.18. The van der Waals surface area contributed by atoms with Crippen molar-refractivity contribution in [3.8, 4) is 0 Å². The summed E-state index contributed by atoms with van der Waals surface area (Å²) in [6, 6.07) is 12.4. The van der Waals surface area contributed by atoms with E-state index in [0.29, 0.717) is 18.5 Å². The molecule has 2 atom stereocenters. The van der Waals surface area contributed by atoms with E-state index in [9.17, 15) is 17.2 Å². The fourth-order valence-corrected chi connectivity index (χ4v) is 4.60. The molecule has 1 aliphatic heterocycles. The van der Waals surface area contributed by atoms with Crippen LogP contribution in [0.3, 0.4) is 0 Å². The molecule has 2 unspecified atom stereocenters. The minimum Gasteiger partial charge on any atom is -0.254 e. The normalized spacial score (nSPS) is 20.0. The molecule has 1 fully saturated rings. The zero-order valence-electron chi connectivity index (χ0n) is 15.7. The first-order valence-electron chi connectivity index (χ1n) is 9.28. The first-order chi connectivity index (χ1) is 13.3. The van der Waals surface area contributed by atoms with Gasteiger partial charge in [0.1, 0.15) is 11.6 Å². The van der Waals surface area contributed by atoms with Gasteiger partial charge in [0.25, 0.3) is 0 Å². The number of nitrogens with zero attached hydrogens (tertiary/aromatic N) is 1. The van der Waals surface area contributed by atoms with Crippen LogP contribution in [0.5, 0.6) is 0 Å². The molecule has 3 rings (SSSR count). The van der Waals surface area contributed by atoms with Crippen molar-refractivity contribution in [1.29, 1.82) is 0 Å². The summed E-state index contributed by atoms with van der Waals surface area (Å²) in [6.07, 6.45) is 2.37. The Bertz CT molecular complexity index is 891. The summed E-state index contributed by atoms with van der Waals surface area (Å²) in [7, 11) is -1.94. The van der Waals surface area contributed by atoms with Crippen LogP contribution >= 0.6 is 0 Å². The predicted molar refractivity (Wildman–Crippen MR) is 105 cm³/mol. The van der Waals surface area contributed by atoms with Gasteiger partial charge in [-0.2, -0.15) is 0 Å². The van der Waals surface area contributed by atoms with E-state index in [-0.39, 0.29) is 23.7 Å². The maximum absolute atomic E-state index is 13.3. The Hall–Kier alpha value is -1.87. The molecule has 0 aromatic heterocycles. The second-order valence-corrected chi connectivity index (χ2v) is 9.25. The molecule has 28 heavy (non-hydrogen) atoms. The number of rotatable bonds is 8. The molecule has 2 aromatic rings. The van der Waals surface area contributed by atoms with Crippen molar-refractivity contribution >= 4 is 10.0 Å². The van der Waals surface area contributed by atoms with Crippen LogP contribution in [-0.4, -0.2) is 32.4 Å². The lowest BCUT2D eigenvalue weighted by molar-refractivity contribution is 0.427. The van der Waals surface area contributed by atoms with E-state index in [0.717, 1.165) is 18.4 Å². The lowest BCUT2D eigenvalue weighted by Crippen LogP contribution is -2.33. The average Bonchev–Trinajstić information content (AvgIpc) is 3.10. The van der Waals surface area contributed by atoms with E-state index >= 15 is 0 Å². The van der Waals surface area contributed by atoms with Gasteiger partial charge in [-0.1, -0.05) is 24.3 Å². The van der Waals surface area contributed by atoms with Crippen LogP contribution < -0.4 is 10.9 Å². The van der Waals surface area contributed by atoms with Gasteiger partial charge in [0.15, 0.2) is 0 Å². The summed E-state index contributed by atoms with van der Waals surface area (Å²) in [5.41, 5.74) is 7.89. The van der Waals surface area contributed by atoms with Crippen LogP contribution in [0.2, 0.25) is 0 Å². The number of hydrazine groups is 1. The SMILES string of the molecule is CN(CCCC1CC(c2ccc(F)cc2)NN1)S(=O)(=O)Cc1cccc(F)c1. The molecule has 1 aliphatic rings. The van der Waals surface area contributed by atoms with Gasteiger partial charge >= 0.3 is 0 Å². The van der Waals surface area contributed by atoms with Crippen molar-refractivity contribution in [2.75, 3.05) is 13.6 Å². The molecular weight excluding hydrogens is 384 g/mol. The van der Waals surface area contributed by atoms with Gasteiger partial charge in [-0.05, 0) is 54.7 Å².